The van der Waals surface area contributed by atoms with Crippen LogP contribution in [0.3, 0.4) is 0 Å². The number of hydrogen-bond donors (Lipinski definition) is 0. The first-order valence-electron chi connectivity index (χ1n) is 7.79. The maximum atomic E-state index is 12.6. The highest BCUT2D eigenvalue weighted by molar-refractivity contribution is 7.99. The molecule has 0 bridgehead atoms. The molecule has 7 heteroatoms. The van der Waals surface area contributed by atoms with Crippen LogP contribution >= 0.6 is 11.8 Å². The van der Waals surface area contributed by atoms with Gasteiger partial charge in [-0.15, -0.1) is 10.2 Å². The zero-order valence-corrected chi connectivity index (χ0v) is 15.1. The summed E-state index contributed by atoms with van der Waals surface area (Å²) >= 11 is 1.39. The minimum absolute atomic E-state index is 0.107. The predicted molar refractivity (Wildman–Crippen MR) is 93.3 cm³/mol. The minimum Gasteiger partial charge on any atom is -0.461 e. The van der Waals surface area contributed by atoms with Crippen molar-refractivity contribution in [1.82, 2.24) is 19.3 Å². The largest absolute Gasteiger partial charge is 0.461 e. The SMILES string of the molecule is CCn1c(C)cc(C(=O)CSc2nnc(-c3ccco3)n2C)c1C. The average molecular weight is 344 g/mol. The third-order valence-electron chi connectivity index (χ3n) is 4.10. The molecule has 0 aliphatic rings. The fourth-order valence-corrected chi connectivity index (χ4v) is 3.63. The number of carbonyl (C=O) groups is 1. The summed E-state index contributed by atoms with van der Waals surface area (Å²) < 4.78 is 9.34. The van der Waals surface area contributed by atoms with Gasteiger partial charge in [-0.05, 0) is 39.0 Å². The van der Waals surface area contributed by atoms with Crippen LogP contribution in [0.15, 0.2) is 34.0 Å². The number of aromatic nitrogens is 4. The third kappa shape index (κ3) is 2.91. The van der Waals surface area contributed by atoms with Crippen LogP contribution in [0.4, 0.5) is 0 Å². The van der Waals surface area contributed by atoms with Gasteiger partial charge in [-0.3, -0.25) is 4.79 Å². The first kappa shape index (κ1) is 16.6. The van der Waals surface area contributed by atoms with E-state index in [1.807, 2.05) is 43.7 Å². The van der Waals surface area contributed by atoms with Gasteiger partial charge < -0.3 is 13.6 Å². The lowest BCUT2D eigenvalue weighted by Crippen LogP contribution is -2.06. The van der Waals surface area contributed by atoms with Crippen LogP contribution in [0, 0.1) is 13.8 Å². The van der Waals surface area contributed by atoms with Crippen molar-refractivity contribution in [1.29, 1.82) is 0 Å². The molecular weight excluding hydrogens is 324 g/mol. The first-order valence-corrected chi connectivity index (χ1v) is 8.77. The second kappa shape index (κ2) is 6.68. The van der Waals surface area contributed by atoms with E-state index >= 15 is 0 Å². The molecule has 3 aromatic rings. The number of furan rings is 1. The van der Waals surface area contributed by atoms with Crippen LogP contribution in [0.25, 0.3) is 11.6 Å². The Morgan fingerprint density at radius 1 is 1.33 bits per heavy atom. The molecule has 0 fully saturated rings. The van der Waals surface area contributed by atoms with Crippen molar-refractivity contribution in [3.05, 3.63) is 41.4 Å². The summed E-state index contributed by atoms with van der Waals surface area (Å²) in [6.45, 7) is 6.97. The quantitative estimate of drug-likeness (QED) is 0.506. The third-order valence-corrected chi connectivity index (χ3v) is 5.12. The normalized spacial score (nSPS) is 11.2. The second-order valence-electron chi connectivity index (χ2n) is 5.58. The summed E-state index contributed by atoms with van der Waals surface area (Å²) in [5.74, 6) is 1.75. The standard InChI is InChI=1S/C17H20N4O2S/c1-5-21-11(2)9-13(12(21)3)14(22)10-24-17-19-18-16(20(17)4)15-7-6-8-23-15/h6-9H,5,10H2,1-4H3. The summed E-state index contributed by atoms with van der Waals surface area (Å²) in [7, 11) is 1.87. The Kier molecular flexibility index (Phi) is 4.62. The van der Waals surface area contributed by atoms with Gasteiger partial charge in [-0.25, -0.2) is 0 Å². The highest BCUT2D eigenvalue weighted by Gasteiger charge is 2.18. The smallest absolute Gasteiger partial charge is 0.200 e. The Morgan fingerprint density at radius 2 is 2.12 bits per heavy atom. The van der Waals surface area contributed by atoms with E-state index in [1.54, 1.807) is 6.26 Å². The number of carbonyl (C=O) groups excluding carboxylic acids is 1. The van der Waals surface area contributed by atoms with Gasteiger partial charge in [0.1, 0.15) is 0 Å². The number of Topliss-reactive ketones (excluding diaryl/α,β-unsaturated/α-hetero) is 1. The molecule has 0 saturated carbocycles. The van der Waals surface area contributed by atoms with Gasteiger partial charge in [0.05, 0.1) is 12.0 Å². The van der Waals surface area contributed by atoms with Crippen LogP contribution in [0.1, 0.15) is 28.7 Å². The molecule has 3 rings (SSSR count). The Labute approximate surface area is 144 Å². The van der Waals surface area contributed by atoms with Crippen LogP contribution in [-0.4, -0.2) is 30.9 Å². The molecule has 0 aromatic carbocycles. The Balaban J connectivity index is 1.74. The van der Waals surface area contributed by atoms with Gasteiger partial charge >= 0.3 is 0 Å². The van der Waals surface area contributed by atoms with Crippen molar-refractivity contribution in [3.8, 4) is 11.6 Å². The molecule has 0 unspecified atom stereocenters. The van der Waals surface area contributed by atoms with Gasteiger partial charge in [0.2, 0.25) is 0 Å². The van der Waals surface area contributed by atoms with E-state index < -0.39 is 0 Å². The van der Waals surface area contributed by atoms with Crippen molar-refractivity contribution >= 4 is 17.5 Å². The summed E-state index contributed by atoms with van der Waals surface area (Å²) in [6, 6.07) is 5.61. The van der Waals surface area contributed by atoms with Gasteiger partial charge in [0.15, 0.2) is 22.5 Å². The lowest BCUT2D eigenvalue weighted by molar-refractivity contribution is 0.102. The number of hydrogen-bond acceptors (Lipinski definition) is 5. The molecule has 0 amide bonds. The zero-order valence-electron chi connectivity index (χ0n) is 14.2. The molecular formula is C17H20N4O2S. The number of nitrogens with zero attached hydrogens (tertiary/aromatic N) is 4. The number of thioether (sulfide) groups is 1. The monoisotopic (exact) mass is 344 g/mol. The fraction of sp³-hybridized carbons (Fsp3) is 0.353. The summed E-state index contributed by atoms with van der Waals surface area (Å²) in [5, 5.41) is 8.99. The maximum Gasteiger partial charge on any atom is 0.200 e. The molecule has 126 valence electrons. The average Bonchev–Trinajstić information content (AvgIpc) is 3.25. The molecule has 24 heavy (non-hydrogen) atoms. The van der Waals surface area contributed by atoms with Crippen molar-refractivity contribution in [3.63, 3.8) is 0 Å². The van der Waals surface area contributed by atoms with E-state index in [1.165, 1.54) is 11.8 Å². The lowest BCUT2D eigenvalue weighted by atomic mass is 10.2. The van der Waals surface area contributed by atoms with Crippen LogP contribution in [0.2, 0.25) is 0 Å². The number of aryl methyl sites for hydroxylation is 1. The molecule has 0 aliphatic heterocycles. The van der Waals surface area contributed by atoms with E-state index in [2.05, 4.69) is 21.7 Å². The van der Waals surface area contributed by atoms with Crippen LogP contribution < -0.4 is 0 Å². The maximum absolute atomic E-state index is 12.6. The Morgan fingerprint density at radius 3 is 2.75 bits per heavy atom. The highest BCUT2D eigenvalue weighted by atomic mass is 32.2. The van der Waals surface area contributed by atoms with E-state index in [4.69, 9.17) is 4.42 Å². The van der Waals surface area contributed by atoms with E-state index in [0.717, 1.165) is 23.5 Å². The fourth-order valence-electron chi connectivity index (χ4n) is 2.84. The van der Waals surface area contributed by atoms with Gasteiger partial charge in [0, 0.05) is 30.5 Å². The predicted octanol–water partition coefficient (Wildman–Crippen LogP) is 3.49. The molecule has 0 spiro atoms. The lowest BCUT2D eigenvalue weighted by Gasteiger charge is -2.05. The van der Waals surface area contributed by atoms with Crippen LogP contribution in [0.5, 0.6) is 0 Å². The van der Waals surface area contributed by atoms with E-state index in [9.17, 15) is 4.79 Å². The van der Waals surface area contributed by atoms with Crippen molar-refractivity contribution in [2.75, 3.05) is 5.75 Å². The van der Waals surface area contributed by atoms with Crippen molar-refractivity contribution in [2.45, 2.75) is 32.5 Å². The van der Waals surface area contributed by atoms with Gasteiger partial charge in [-0.2, -0.15) is 0 Å². The van der Waals surface area contributed by atoms with E-state index in [0.29, 0.717) is 22.5 Å². The Hall–Kier alpha value is -2.28. The number of ketones is 1. The molecule has 3 aromatic heterocycles. The summed E-state index contributed by atoms with van der Waals surface area (Å²) in [4.78, 5) is 12.6. The minimum atomic E-state index is 0.107. The molecule has 0 N–H and O–H groups in total. The molecule has 6 nitrogen and oxygen atoms in total. The van der Waals surface area contributed by atoms with E-state index in [-0.39, 0.29) is 5.78 Å². The number of rotatable bonds is 6. The first-order chi connectivity index (χ1) is 11.5. The molecule has 0 saturated heterocycles. The summed E-state index contributed by atoms with van der Waals surface area (Å²) in [5.41, 5.74) is 2.92. The van der Waals surface area contributed by atoms with Gasteiger partial charge in [-0.1, -0.05) is 11.8 Å². The molecule has 3 heterocycles. The molecule has 0 aliphatic carbocycles. The second-order valence-corrected chi connectivity index (χ2v) is 6.53. The van der Waals surface area contributed by atoms with Crippen LogP contribution in [-0.2, 0) is 13.6 Å². The van der Waals surface area contributed by atoms with Gasteiger partial charge in [0.25, 0.3) is 0 Å². The Bertz CT molecular complexity index is 862. The van der Waals surface area contributed by atoms with Crippen molar-refractivity contribution < 1.29 is 9.21 Å². The topological polar surface area (TPSA) is 65.8 Å². The molecule has 0 radical (unpaired) electrons. The zero-order chi connectivity index (χ0) is 17.3. The van der Waals surface area contributed by atoms with Crippen molar-refractivity contribution in [2.24, 2.45) is 7.05 Å². The molecule has 0 atom stereocenters. The highest BCUT2D eigenvalue weighted by Crippen LogP contribution is 2.24. The summed E-state index contributed by atoms with van der Waals surface area (Å²) in [6.07, 6.45) is 1.60.